The van der Waals surface area contributed by atoms with Crippen molar-refractivity contribution in [2.75, 3.05) is 13.1 Å². The molecule has 1 N–H and O–H groups in total. The van der Waals surface area contributed by atoms with Gasteiger partial charge in [0.15, 0.2) is 0 Å². The van der Waals surface area contributed by atoms with Crippen LogP contribution in [0.15, 0.2) is 18.2 Å². The number of hydrogen-bond acceptors (Lipinski definition) is 2. The zero-order chi connectivity index (χ0) is 14.9. The van der Waals surface area contributed by atoms with Gasteiger partial charge in [0.25, 0.3) is 0 Å². The lowest BCUT2D eigenvalue weighted by Gasteiger charge is -2.25. The minimum Gasteiger partial charge on any atom is -0.390 e. The number of hydrogen-bond donors (Lipinski definition) is 1. The van der Waals surface area contributed by atoms with E-state index >= 15 is 0 Å². The van der Waals surface area contributed by atoms with Gasteiger partial charge in [0.05, 0.1) is 12.0 Å². The summed E-state index contributed by atoms with van der Waals surface area (Å²) in [6.45, 7) is 4.73. The van der Waals surface area contributed by atoms with Crippen molar-refractivity contribution in [3.05, 3.63) is 34.6 Å². The first-order valence-electron chi connectivity index (χ1n) is 6.71. The van der Waals surface area contributed by atoms with Gasteiger partial charge >= 0.3 is 0 Å². The minimum atomic E-state index is -0.775. The summed E-state index contributed by atoms with van der Waals surface area (Å²) in [5.74, 6) is -0.352. The molecule has 1 saturated heterocycles. The third kappa shape index (κ3) is 3.49. The molecule has 0 saturated carbocycles. The Labute approximate surface area is 123 Å². The molecule has 2 rings (SSSR count). The SMILES string of the molecule is CC(C)(O)[C@H]1CCN(C(=O)Cc2ccc(F)cc2Cl)C1. The smallest absolute Gasteiger partial charge is 0.227 e. The molecule has 1 aliphatic heterocycles. The number of carbonyl (C=O) groups is 1. The van der Waals surface area contributed by atoms with Crippen LogP contribution in [0.5, 0.6) is 0 Å². The Bertz CT molecular complexity index is 513. The Balaban J connectivity index is 2.00. The van der Waals surface area contributed by atoms with Gasteiger partial charge in [0.1, 0.15) is 5.82 Å². The van der Waals surface area contributed by atoms with Crippen molar-refractivity contribution in [2.24, 2.45) is 5.92 Å². The predicted octanol–water partition coefficient (Wildman–Crippen LogP) is 2.64. The van der Waals surface area contributed by atoms with Crippen LogP contribution in [0.25, 0.3) is 0 Å². The lowest BCUT2D eigenvalue weighted by atomic mass is 9.90. The molecule has 1 aromatic carbocycles. The number of benzene rings is 1. The first-order chi connectivity index (χ1) is 9.27. The summed E-state index contributed by atoms with van der Waals surface area (Å²) in [5, 5.41) is 10.3. The highest BCUT2D eigenvalue weighted by Gasteiger charge is 2.35. The summed E-state index contributed by atoms with van der Waals surface area (Å²) in [6, 6.07) is 4.06. The van der Waals surface area contributed by atoms with E-state index in [1.807, 2.05) is 0 Å². The highest BCUT2D eigenvalue weighted by molar-refractivity contribution is 6.31. The first-order valence-corrected chi connectivity index (χ1v) is 7.09. The highest BCUT2D eigenvalue weighted by Crippen LogP contribution is 2.28. The maximum Gasteiger partial charge on any atom is 0.227 e. The molecule has 1 aliphatic rings. The highest BCUT2D eigenvalue weighted by atomic mass is 35.5. The van der Waals surface area contributed by atoms with Crippen molar-refractivity contribution < 1.29 is 14.3 Å². The molecule has 1 aromatic rings. The van der Waals surface area contributed by atoms with Crippen molar-refractivity contribution in [2.45, 2.75) is 32.3 Å². The van der Waals surface area contributed by atoms with E-state index in [4.69, 9.17) is 11.6 Å². The molecule has 1 fully saturated rings. The second-order valence-corrected chi connectivity index (χ2v) is 6.30. The van der Waals surface area contributed by atoms with Gasteiger partial charge in [0.2, 0.25) is 5.91 Å². The van der Waals surface area contributed by atoms with Gasteiger partial charge < -0.3 is 10.0 Å². The average molecular weight is 300 g/mol. The summed E-state index contributed by atoms with van der Waals surface area (Å²) in [4.78, 5) is 14.0. The van der Waals surface area contributed by atoms with E-state index in [-0.39, 0.29) is 23.3 Å². The fraction of sp³-hybridized carbons (Fsp3) is 0.533. The van der Waals surface area contributed by atoms with Crippen LogP contribution in [0, 0.1) is 11.7 Å². The molecule has 20 heavy (non-hydrogen) atoms. The molecular weight excluding hydrogens is 281 g/mol. The summed E-state index contributed by atoms with van der Waals surface area (Å²) in [6.07, 6.45) is 0.962. The van der Waals surface area contributed by atoms with Gasteiger partial charge in [0, 0.05) is 24.0 Å². The van der Waals surface area contributed by atoms with Crippen molar-refractivity contribution in [3.8, 4) is 0 Å². The molecule has 3 nitrogen and oxygen atoms in total. The van der Waals surface area contributed by atoms with Crippen LogP contribution in [0.4, 0.5) is 4.39 Å². The molecule has 0 aliphatic carbocycles. The topological polar surface area (TPSA) is 40.5 Å². The first kappa shape index (κ1) is 15.3. The second kappa shape index (κ2) is 5.70. The number of aliphatic hydroxyl groups is 1. The van der Waals surface area contributed by atoms with Crippen LogP contribution in [0.3, 0.4) is 0 Å². The van der Waals surface area contributed by atoms with E-state index in [2.05, 4.69) is 0 Å². The Morgan fingerprint density at radius 3 is 2.80 bits per heavy atom. The number of carbonyl (C=O) groups excluding carboxylic acids is 1. The number of amides is 1. The largest absolute Gasteiger partial charge is 0.390 e. The summed E-state index contributed by atoms with van der Waals surface area (Å²) < 4.78 is 13.0. The van der Waals surface area contributed by atoms with E-state index in [0.717, 1.165) is 6.42 Å². The van der Waals surface area contributed by atoms with Crippen molar-refractivity contribution in [1.29, 1.82) is 0 Å². The number of rotatable bonds is 3. The monoisotopic (exact) mass is 299 g/mol. The third-order valence-electron chi connectivity index (χ3n) is 3.90. The van der Waals surface area contributed by atoms with Gasteiger partial charge in [-0.15, -0.1) is 0 Å². The maximum atomic E-state index is 13.0. The van der Waals surface area contributed by atoms with Crippen molar-refractivity contribution in [1.82, 2.24) is 4.90 Å². The maximum absolute atomic E-state index is 13.0. The lowest BCUT2D eigenvalue weighted by Crippen LogP contribution is -2.36. The van der Waals surface area contributed by atoms with E-state index in [0.29, 0.717) is 18.7 Å². The Kier molecular flexibility index (Phi) is 4.35. The van der Waals surface area contributed by atoms with Gasteiger partial charge in [-0.1, -0.05) is 17.7 Å². The summed E-state index contributed by atoms with van der Waals surface area (Å²) >= 11 is 5.93. The number of nitrogens with zero attached hydrogens (tertiary/aromatic N) is 1. The van der Waals surface area contributed by atoms with Crippen LogP contribution in [-0.4, -0.2) is 34.6 Å². The lowest BCUT2D eigenvalue weighted by molar-refractivity contribution is -0.129. The third-order valence-corrected chi connectivity index (χ3v) is 4.25. The normalized spacial score (nSPS) is 19.4. The summed E-state index contributed by atoms with van der Waals surface area (Å²) in [7, 11) is 0. The molecule has 1 atom stereocenters. The van der Waals surface area contributed by atoms with Crippen molar-refractivity contribution in [3.63, 3.8) is 0 Å². The number of likely N-dealkylation sites (tertiary alicyclic amines) is 1. The Morgan fingerprint density at radius 2 is 2.25 bits per heavy atom. The molecule has 5 heteroatoms. The van der Waals surface area contributed by atoms with Gasteiger partial charge in [-0.2, -0.15) is 0 Å². The van der Waals surface area contributed by atoms with Crippen LogP contribution in [0.2, 0.25) is 5.02 Å². The summed E-state index contributed by atoms with van der Waals surface area (Å²) in [5.41, 5.74) is -0.146. The Morgan fingerprint density at radius 1 is 1.55 bits per heavy atom. The second-order valence-electron chi connectivity index (χ2n) is 5.89. The van der Waals surface area contributed by atoms with Crippen LogP contribution >= 0.6 is 11.6 Å². The molecule has 0 spiro atoms. The molecule has 0 bridgehead atoms. The molecule has 0 aromatic heterocycles. The van der Waals surface area contributed by atoms with Crippen LogP contribution < -0.4 is 0 Å². The van der Waals surface area contributed by atoms with E-state index in [1.165, 1.54) is 12.1 Å². The Hall–Kier alpha value is -1.13. The molecule has 1 heterocycles. The van der Waals surface area contributed by atoms with E-state index < -0.39 is 11.4 Å². The number of halogens is 2. The zero-order valence-corrected chi connectivity index (χ0v) is 12.5. The average Bonchev–Trinajstić information content (AvgIpc) is 2.82. The minimum absolute atomic E-state index is 0.0368. The van der Waals surface area contributed by atoms with Crippen LogP contribution in [0.1, 0.15) is 25.8 Å². The van der Waals surface area contributed by atoms with E-state index in [9.17, 15) is 14.3 Å². The molecule has 110 valence electrons. The molecule has 0 radical (unpaired) electrons. The fourth-order valence-electron chi connectivity index (χ4n) is 2.50. The standard InChI is InChI=1S/C15H19ClFNO2/c1-15(2,20)11-5-6-18(9-11)14(19)7-10-3-4-12(17)8-13(10)16/h3-4,8,11,20H,5-7,9H2,1-2H3/t11-/m0/s1. The quantitative estimate of drug-likeness (QED) is 0.932. The predicted molar refractivity (Wildman–Crippen MR) is 76.1 cm³/mol. The molecular formula is C15H19ClFNO2. The van der Waals surface area contributed by atoms with Crippen LogP contribution in [-0.2, 0) is 11.2 Å². The zero-order valence-electron chi connectivity index (χ0n) is 11.7. The molecule has 0 unspecified atom stereocenters. The van der Waals surface area contributed by atoms with E-state index in [1.54, 1.807) is 24.8 Å². The van der Waals surface area contributed by atoms with Gasteiger partial charge in [-0.3, -0.25) is 4.79 Å². The van der Waals surface area contributed by atoms with Gasteiger partial charge in [-0.05, 0) is 38.0 Å². The van der Waals surface area contributed by atoms with Crippen molar-refractivity contribution >= 4 is 17.5 Å². The van der Waals surface area contributed by atoms with Gasteiger partial charge in [-0.25, -0.2) is 4.39 Å². The molecule has 1 amide bonds. The fourth-order valence-corrected chi connectivity index (χ4v) is 2.74.